The lowest BCUT2D eigenvalue weighted by Crippen LogP contribution is -2.16. The van der Waals surface area contributed by atoms with E-state index in [1.54, 1.807) is 29.7 Å². The average molecular weight is 348 g/mol. The summed E-state index contributed by atoms with van der Waals surface area (Å²) in [4.78, 5) is 4.40. The third-order valence-electron chi connectivity index (χ3n) is 3.57. The Bertz CT molecular complexity index is 620. The van der Waals surface area contributed by atoms with Gasteiger partial charge in [0.25, 0.3) is 0 Å². The van der Waals surface area contributed by atoms with Crippen molar-refractivity contribution in [3.63, 3.8) is 0 Å². The summed E-state index contributed by atoms with van der Waals surface area (Å²) in [6.45, 7) is 10.6. The van der Waals surface area contributed by atoms with Crippen LogP contribution in [0.4, 0.5) is 0 Å². The van der Waals surface area contributed by atoms with Gasteiger partial charge in [-0.25, -0.2) is 4.98 Å². The molecule has 0 unspecified atom stereocenters. The van der Waals surface area contributed by atoms with Crippen LogP contribution in [0.5, 0.6) is 0 Å². The molecule has 0 aliphatic heterocycles. The number of aryl methyl sites for hydroxylation is 3. The van der Waals surface area contributed by atoms with Gasteiger partial charge in [0.1, 0.15) is 6.10 Å². The van der Waals surface area contributed by atoms with Gasteiger partial charge in [0.05, 0.1) is 9.61 Å². The molecule has 0 radical (unpaired) electrons. The first-order valence-electron chi connectivity index (χ1n) is 7.87. The van der Waals surface area contributed by atoms with Gasteiger partial charge in [0.15, 0.2) is 0 Å². The Morgan fingerprint density at radius 1 is 1.04 bits per heavy atom. The molecule has 2 atom stereocenters. The van der Waals surface area contributed by atoms with E-state index in [-0.39, 0.29) is 4.58 Å². The fourth-order valence-electron chi connectivity index (χ4n) is 2.76. The Labute approximate surface area is 148 Å². The molecule has 2 nitrogen and oxygen atoms in total. The van der Waals surface area contributed by atoms with Gasteiger partial charge in [-0.1, -0.05) is 49.4 Å². The largest absolute Gasteiger partial charge is 0.386 e. The molecule has 1 N–H and O–H groups in total. The zero-order valence-corrected chi connectivity index (χ0v) is 16.0. The molecular formula is C19H25NOS2. The van der Waals surface area contributed by atoms with Gasteiger partial charge in [-0.3, -0.25) is 0 Å². The van der Waals surface area contributed by atoms with Crippen LogP contribution in [0.1, 0.15) is 42.2 Å². The monoisotopic (exact) mass is 347 g/mol. The topological polar surface area (TPSA) is 33.1 Å². The van der Waals surface area contributed by atoms with Gasteiger partial charge in [0, 0.05) is 11.4 Å². The lowest BCUT2D eigenvalue weighted by molar-refractivity contribution is 0.194. The van der Waals surface area contributed by atoms with E-state index in [0.29, 0.717) is 5.25 Å². The maximum absolute atomic E-state index is 11.1. The molecule has 1 heterocycles. The summed E-state index contributed by atoms with van der Waals surface area (Å²) in [7, 11) is 0. The van der Waals surface area contributed by atoms with Crippen LogP contribution in [-0.2, 0) is 0 Å². The fourth-order valence-corrected chi connectivity index (χ4v) is 5.55. The number of benzene rings is 1. The highest BCUT2D eigenvalue weighted by atomic mass is 32.2. The van der Waals surface area contributed by atoms with Crippen molar-refractivity contribution in [2.75, 3.05) is 0 Å². The van der Waals surface area contributed by atoms with E-state index < -0.39 is 6.10 Å². The van der Waals surface area contributed by atoms with E-state index in [9.17, 15) is 5.11 Å². The quantitative estimate of drug-likeness (QED) is 0.568. The molecule has 1 aromatic carbocycles. The molecule has 4 heteroatoms. The number of hydrogen-bond acceptors (Lipinski definition) is 4. The van der Waals surface area contributed by atoms with Crippen molar-refractivity contribution in [1.29, 1.82) is 0 Å². The molecule has 1 aromatic heterocycles. The Morgan fingerprint density at radius 2 is 1.70 bits per heavy atom. The summed E-state index contributed by atoms with van der Waals surface area (Å²) in [5.74, 6) is 0. The van der Waals surface area contributed by atoms with Crippen LogP contribution in [-0.4, -0.2) is 19.9 Å². The third kappa shape index (κ3) is 5.00. The SMILES string of the molecule is Cc1cc(C)c([C@@H](O)[C@H](Sc2ccccn2)SC(C)C)c(C)c1. The van der Waals surface area contributed by atoms with Crippen LogP contribution < -0.4 is 0 Å². The molecule has 0 amide bonds. The first kappa shape index (κ1) is 18.4. The molecule has 0 fully saturated rings. The lowest BCUT2D eigenvalue weighted by Gasteiger charge is -2.26. The van der Waals surface area contributed by atoms with Crippen LogP contribution in [0.3, 0.4) is 0 Å². The Morgan fingerprint density at radius 3 is 2.22 bits per heavy atom. The van der Waals surface area contributed by atoms with Crippen LogP contribution in [0.15, 0.2) is 41.6 Å². The van der Waals surface area contributed by atoms with Crippen molar-refractivity contribution in [3.05, 3.63) is 58.8 Å². The summed E-state index contributed by atoms with van der Waals surface area (Å²) < 4.78 is 0.0185. The van der Waals surface area contributed by atoms with Crippen molar-refractivity contribution in [3.8, 4) is 0 Å². The van der Waals surface area contributed by atoms with Crippen LogP contribution >= 0.6 is 23.5 Å². The summed E-state index contributed by atoms with van der Waals surface area (Å²) in [6, 6.07) is 10.2. The average Bonchev–Trinajstić information content (AvgIpc) is 2.46. The van der Waals surface area contributed by atoms with Gasteiger partial charge in [-0.05, 0) is 49.6 Å². The molecule has 0 saturated carbocycles. The summed E-state index contributed by atoms with van der Waals surface area (Å²) in [5.41, 5.74) is 4.61. The molecule has 23 heavy (non-hydrogen) atoms. The molecule has 0 saturated heterocycles. The summed E-state index contributed by atoms with van der Waals surface area (Å²) in [6.07, 6.45) is 1.28. The zero-order chi connectivity index (χ0) is 17.0. The van der Waals surface area contributed by atoms with E-state index >= 15 is 0 Å². The van der Waals surface area contributed by atoms with E-state index in [4.69, 9.17) is 0 Å². The first-order valence-corrected chi connectivity index (χ1v) is 9.69. The highest BCUT2D eigenvalue weighted by Crippen LogP contribution is 2.42. The van der Waals surface area contributed by atoms with Gasteiger partial charge >= 0.3 is 0 Å². The third-order valence-corrected chi connectivity index (χ3v) is 6.24. The molecule has 124 valence electrons. The summed E-state index contributed by atoms with van der Waals surface area (Å²) >= 11 is 3.44. The second-order valence-electron chi connectivity index (χ2n) is 6.10. The molecule has 2 rings (SSSR count). The highest BCUT2D eigenvalue weighted by Gasteiger charge is 2.26. The van der Waals surface area contributed by atoms with Crippen molar-refractivity contribution in [1.82, 2.24) is 4.98 Å². The van der Waals surface area contributed by atoms with Gasteiger partial charge in [-0.2, -0.15) is 0 Å². The fraction of sp³-hybridized carbons (Fsp3) is 0.421. The lowest BCUT2D eigenvalue weighted by atomic mass is 9.96. The molecule has 0 spiro atoms. The van der Waals surface area contributed by atoms with Gasteiger partial charge in [0.2, 0.25) is 0 Å². The Balaban J connectivity index is 2.31. The number of thioether (sulfide) groups is 2. The smallest absolute Gasteiger partial charge is 0.101 e. The van der Waals surface area contributed by atoms with Gasteiger partial charge < -0.3 is 5.11 Å². The standard InChI is InChI=1S/C19H25NOS2/c1-12(2)22-19(23-16-8-6-7-9-20-16)18(21)17-14(4)10-13(3)11-15(17)5/h6-12,18-19,21H,1-5H3/t18-,19+/m1/s1. The first-order chi connectivity index (χ1) is 10.9. The minimum Gasteiger partial charge on any atom is -0.386 e. The van der Waals surface area contributed by atoms with Crippen molar-refractivity contribution < 1.29 is 5.11 Å². The Hall–Kier alpha value is -0.970. The zero-order valence-electron chi connectivity index (χ0n) is 14.4. The van der Waals surface area contributed by atoms with E-state index in [1.165, 1.54) is 5.56 Å². The normalized spacial score (nSPS) is 14.0. The number of pyridine rings is 1. The minimum atomic E-state index is -0.519. The molecule has 2 aromatic rings. The number of aromatic nitrogens is 1. The van der Waals surface area contributed by atoms with Crippen LogP contribution in [0, 0.1) is 20.8 Å². The van der Waals surface area contributed by atoms with Crippen molar-refractivity contribution >= 4 is 23.5 Å². The summed E-state index contributed by atoms with van der Waals surface area (Å²) in [5, 5.41) is 12.5. The number of hydrogen-bond donors (Lipinski definition) is 1. The predicted molar refractivity (Wildman–Crippen MR) is 102 cm³/mol. The maximum Gasteiger partial charge on any atom is 0.101 e. The van der Waals surface area contributed by atoms with E-state index in [0.717, 1.165) is 21.7 Å². The maximum atomic E-state index is 11.1. The highest BCUT2D eigenvalue weighted by molar-refractivity contribution is 8.17. The molecular weight excluding hydrogens is 322 g/mol. The van der Waals surface area contributed by atoms with Crippen LogP contribution in [0.2, 0.25) is 0 Å². The molecule has 0 bridgehead atoms. The Kier molecular flexibility index (Phi) is 6.57. The molecule has 0 aliphatic rings. The minimum absolute atomic E-state index is 0.0185. The second-order valence-corrected chi connectivity index (χ2v) is 9.28. The number of rotatable bonds is 6. The second kappa shape index (κ2) is 8.22. The van der Waals surface area contributed by atoms with Crippen molar-refractivity contribution in [2.45, 2.75) is 55.6 Å². The number of aliphatic hydroxyl groups excluding tert-OH is 1. The molecule has 0 aliphatic carbocycles. The van der Waals surface area contributed by atoms with Gasteiger partial charge in [-0.15, -0.1) is 11.8 Å². The van der Waals surface area contributed by atoms with Crippen LogP contribution in [0.25, 0.3) is 0 Å². The predicted octanol–water partition coefficient (Wildman–Crippen LogP) is 5.30. The van der Waals surface area contributed by atoms with E-state index in [2.05, 4.69) is 51.7 Å². The number of nitrogens with zero attached hydrogens (tertiary/aromatic N) is 1. The number of aliphatic hydroxyl groups is 1. The van der Waals surface area contributed by atoms with Crippen molar-refractivity contribution in [2.24, 2.45) is 0 Å². The van der Waals surface area contributed by atoms with E-state index in [1.807, 2.05) is 18.2 Å².